The monoisotopic (exact) mass is 497 g/mol. The van der Waals surface area contributed by atoms with E-state index < -0.39 is 5.51 Å². The quantitative estimate of drug-likeness (QED) is 0.498. The van der Waals surface area contributed by atoms with Crippen molar-refractivity contribution in [2.45, 2.75) is 30.4 Å². The average molecular weight is 498 g/mol. The number of thioether (sulfide) groups is 1. The predicted molar refractivity (Wildman–Crippen MR) is 122 cm³/mol. The smallest absolute Gasteiger partial charge is 0.397 e. The third-order valence-electron chi connectivity index (χ3n) is 5.29. The maximum absolute atomic E-state index is 12.8. The van der Waals surface area contributed by atoms with Gasteiger partial charge in [-0.1, -0.05) is 12.1 Å². The van der Waals surface area contributed by atoms with Crippen molar-refractivity contribution < 1.29 is 22.7 Å². The molecule has 0 spiro atoms. The molecule has 7 nitrogen and oxygen atoms in total. The number of halogens is 3. The number of ether oxygens (including phenoxy) is 1. The Morgan fingerprint density at radius 1 is 1.24 bits per heavy atom. The number of aryl methyl sites for hydroxylation is 1. The van der Waals surface area contributed by atoms with Crippen LogP contribution in [0.1, 0.15) is 26.5 Å². The maximum atomic E-state index is 12.8. The van der Waals surface area contributed by atoms with Gasteiger partial charge in [0.15, 0.2) is 0 Å². The van der Waals surface area contributed by atoms with Crippen LogP contribution in [0.25, 0.3) is 10.2 Å². The Morgan fingerprint density at radius 3 is 2.61 bits per heavy atom. The van der Waals surface area contributed by atoms with Crippen molar-refractivity contribution in [3.05, 3.63) is 46.0 Å². The van der Waals surface area contributed by atoms with Crippen molar-refractivity contribution in [3.8, 4) is 0 Å². The van der Waals surface area contributed by atoms with Gasteiger partial charge in [-0.05, 0) is 41.9 Å². The largest absolute Gasteiger partial charge is 0.446 e. The lowest BCUT2D eigenvalue weighted by atomic mass is 10.1. The summed E-state index contributed by atoms with van der Waals surface area (Å²) in [5.41, 5.74) is 4.75. The summed E-state index contributed by atoms with van der Waals surface area (Å²) in [6.07, 6.45) is 0. The standard InChI is InChI=1S/C21H22F3N5O2S2/c1-12-15(11-29-6-8-31-9-7-29)27-28-20-16(12)17(25)18(32-20)19(30)26-10-13-2-4-14(5-3-13)33-21(22,23)24/h2-5H,6-11,25H2,1H3,(H,26,30). The molecule has 0 atom stereocenters. The minimum Gasteiger partial charge on any atom is -0.397 e. The van der Waals surface area contributed by atoms with Crippen molar-refractivity contribution in [2.24, 2.45) is 0 Å². The van der Waals surface area contributed by atoms with E-state index in [1.54, 1.807) is 12.1 Å². The zero-order valence-corrected chi connectivity index (χ0v) is 19.4. The number of anilines is 1. The molecule has 12 heteroatoms. The first-order valence-corrected chi connectivity index (χ1v) is 11.8. The number of nitrogen functional groups attached to an aromatic ring is 1. The van der Waals surface area contributed by atoms with Gasteiger partial charge in [0.2, 0.25) is 0 Å². The molecule has 1 amide bonds. The Balaban J connectivity index is 1.45. The zero-order valence-electron chi connectivity index (χ0n) is 17.7. The van der Waals surface area contributed by atoms with Crippen molar-refractivity contribution in [2.75, 3.05) is 32.0 Å². The number of alkyl halides is 3. The summed E-state index contributed by atoms with van der Waals surface area (Å²) in [5.74, 6) is -0.363. The van der Waals surface area contributed by atoms with Crippen molar-refractivity contribution in [1.29, 1.82) is 0 Å². The SMILES string of the molecule is Cc1c(CN2CCOCC2)nnc2sc(C(=O)NCc3ccc(SC(F)(F)F)cc3)c(N)c12. The number of nitrogens with two attached hydrogens (primary N) is 1. The Labute approximate surface area is 196 Å². The van der Waals surface area contributed by atoms with Gasteiger partial charge >= 0.3 is 5.51 Å². The summed E-state index contributed by atoms with van der Waals surface area (Å²) < 4.78 is 42.8. The van der Waals surface area contributed by atoms with E-state index in [4.69, 9.17) is 10.5 Å². The number of carbonyl (C=O) groups is 1. The van der Waals surface area contributed by atoms with Gasteiger partial charge in [-0.15, -0.1) is 16.4 Å². The molecule has 0 radical (unpaired) electrons. The van der Waals surface area contributed by atoms with E-state index in [0.29, 0.717) is 40.7 Å². The number of thiophene rings is 1. The number of nitrogens with one attached hydrogen (secondary N) is 1. The molecule has 1 aliphatic heterocycles. The Morgan fingerprint density at radius 2 is 1.94 bits per heavy atom. The van der Waals surface area contributed by atoms with Crippen molar-refractivity contribution in [3.63, 3.8) is 0 Å². The van der Waals surface area contributed by atoms with Crippen LogP contribution in [0.15, 0.2) is 29.2 Å². The van der Waals surface area contributed by atoms with Gasteiger partial charge in [0.05, 0.1) is 24.6 Å². The highest BCUT2D eigenvalue weighted by atomic mass is 32.2. The van der Waals surface area contributed by atoms with Gasteiger partial charge in [-0.3, -0.25) is 9.69 Å². The number of hydrogen-bond donors (Lipinski definition) is 2. The molecular weight excluding hydrogens is 475 g/mol. The highest BCUT2D eigenvalue weighted by molar-refractivity contribution is 8.00. The van der Waals surface area contributed by atoms with Gasteiger partial charge in [0.1, 0.15) is 9.71 Å². The molecule has 2 aromatic heterocycles. The molecule has 0 saturated carbocycles. The van der Waals surface area contributed by atoms with Crippen molar-refractivity contribution in [1.82, 2.24) is 20.4 Å². The molecular formula is C21H22F3N5O2S2. The van der Waals surface area contributed by atoms with Crippen LogP contribution in [0.5, 0.6) is 0 Å². The van der Waals surface area contributed by atoms with Crippen LogP contribution < -0.4 is 11.1 Å². The van der Waals surface area contributed by atoms with Crippen molar-refractivity contribution >= 4 is 44.9 Å². The first kappa shape index (κ1) is 23.7. The minimum absolute atomic E-state index is 0.0910. The number of nitrogens with zero attached hydrogens (tertiary/aromatic N) is 3. The Bertz CT molecular complexity index is 1150. The molecule has 0 unspecified atom stereocenters. The number of rotatable bonds is 6. The predicted octanol–water partition coefficient (Wildman–Crippen LogP) is 3.96. The van der Waals surface area contributed by atoms with Gasteiger partial charge in [0, 0.05) is 36.5 Å². The molecule has 1 saturated heterocycles. The maximum Gasteiger partial charge on any atom is 0.446 e. The van der Waals surface area contributed by atoms with Crippen LogP contribution in [0.4, 0.5) is 18.9 Å². The second kappa shape index (κ2) is 9.84. The van der Waals surface area contributed by atoms with Gasteiger partial charge in [-0.25, -0.2) is 0 Å². The fraction of sp³-hybridized carbons (Fsp3) is 0.381. The Kier molecular flexibility index (Phi) is 7.07. The summed E-state index contributed by atoms with van der Waals surface area (Å²) in [7, 11) is 0. The molecule has 0 bridgehead atoms. The van der Waals surface area contributed by atoms with Crippen LogP contribution in [0.2, 0.25) is 0 Å². The van der Waals surface area contributed by atoms with Crippen LogP contribution in [0.3, 0.4) is 0 Å². The lowest BCUT2D eigenvalue weighted by Crippen LogP contribution is -2.36. The molecule has 0 aliphatic carbocycles. The van der Waals surface area contributed by atoms with E-state index >= 15 is 0 Å². The fourth-order valence-electron chi connectivity index (χ4n) is 3.55. The van der Waals surface area contributed by atoms with E-state index in [1.165, 1.54) is 23.5 Å². The van der Waals surface area contributed by atoms with Crippen LogP contribution in [0, 0.1) is 6.92 Å². The number of morpholine rings is 1. The summed E-state index contributed by atoms with van der Waals surface area (Å²) in [4.78, 5) is 16.0. The second-order valence-corrected chi connectivity index (χ2v) is 9.70. The molecule has 4 rings (SSSR count). The summed E-state index contributed by atoms with van der Waals surface area (Å²) in [6.45, 7) is 5.74. The highest BCUT2D eigenvalue weighted by Gasteiger charge is 2.29. The number of fused-ring (bicyclic) bond motifs is 1. The first-order chi connectivity index (χ1) is 15.7. The first-order valence-electron chi connectivity index (χ1n) is 10.2. The number of aromatic nitrogens is 2. The number of hydrogen-bond acceptors (Lipinski definition) is 8. The molecule has 33 heavy (non-hydrogen) atoms. The zero-order chi connectivity index (χ0) is 23.6. The average Bonchev–Trinajstić information content (AvgIpc) is 3.12. The van der Waals surface area contributed by atoms with E-state index in [0.717, 1.165) is 29.7 Å². The van der Waals surface area contributed by atoms with E-state index in [-0.39, 0.29) is 29.1 Å². The molecule has 3 N–H and O–H groups in total. The minimum atomic E-state index is -4.34. The lowest BCUT2D eigenvalue weighted by molar-refractivity contribution is -0.0328. The summed E-state index contributed by atoms with van der Waals surface area (Å²) >= 11 is 0.996. The number of carbonyl (C=O) groups excluding carboxylic acids is 1. The molecule has 1 fully saturated rings. The van der Waals surface area contributed by atoms with E-state index in [9.17, 15) is 18.0 Å². The van der Waals surface area contributed by atoms with Crippen LogP contribution in [-0.2, 0) is 17.8 Å². The third-order valence-corrected chi connectivity index (χ3v) is 7.12. The molecule has 1 aromatic carbocycles. The van der Waals surface area contributed by atoms with Gasteiger partial charge in [-0.2, -0.15) is 18.3 Å². The third kappa shape index (κ3) is 5.75. The number of benzene rings is 1. The molecule has 3 aromatic rings. The number of amides is 1. The van der Waals surface area contributed by atoms with E-state index in [1.807, 2.05) is 6.92 Å². The summed E-state index contributed by atoms with van der Waals surface area (Å²) in [5, 5.41) is 12.1. The fourth-order valence-corrected chi connectivity index (χ4v) is 5.11. The second-order valence-electron chi connectivity index (χ2n) is 7.56. The molecule has 1 aliphatic rings. The van der Waals surface area contributed by atoms with E-state index in [2.05, 4.69) is 20.4 Å². The molecule has 3 heterocycles. The van der Waals surface area contributed by atoms with Crippen LogP contribution in [-0.4, -0.2) is 52.8 Å². The van der Waals surface area contributed by atoms with Crippen LogP contribution >= 0.6 is 23.1 Å². The molecule has 176 valence electrons. The van der Waals surface area contributed by atoms with Gasteiger partial charge in [0.25, 0.3) is 5.91 Å². The Hall–Kier alpha value is -2.41. The highest BCUT2D eigenvalue weighted by Crippen LogP contribution is 2.37. The topological polar surface area (TPSA) is 93.4 Å². The lowest BCUT2D eigenvalue weighted by Gasteiger charge is -2.26. The normalized spacial score (nSPS) is 15.2. The van der Waals surface area contributed by atoms with Gasteiger partial charge < -0.3 is 15.8 Å². The summed E-state index contributed by atoms with van der Waals surface area (Å²) in [6, 6.07) is 5.86.